The van der Waals surface area contributed by atoms with Gasteiger partial charge in [0.2, 0.25) is 5.43 Å². The van der Waals surface area contributed by atoms with Crippen LogP contribution in [0, 0.1) is 0 Å². The molecule has 0 aliphatic carbocycles. The Bertz CT molecular complexity index is 1200. The average molecular weight is 468 g/mol. The lowest BCUT2D eigenvalue weighted by Crippen LogP contribution is -2.49. The van der Waals surface area contributed by atoms with Crippen molar-refractivity contribution in [2.24, 2.45) is 0 Å². The van der Waals surface area contributed by atoms with Gasteiger partial charge in [-0.15, -0.1) is 0 Å². The molecule has 2 aliphatic heterocycles. The first-order chi connectivity index (χ1) is 14.5. The van der Waals surface area contributed by atoms with Crippen LogP contribution in [0.1, 0.15) is 15.9 Å². The minimum Gasteiger partial charge on any atom is -0.497 e. The number of rotatable bonds is 3. The van der Waals surface area contributed by atoms with Crippen molar-refractivity contribution in [2.75, 3.05) is 38.2 Å². The van der Waals surface area contributed by atoms with Crippen molar-refractivity contribution in [3.63, 3.8) is 0 Å². The van der Waals surface area contributed by atoms with Crippen LogP contribution in [0.2, 0.25) is 0 Å². The Morgan fingerprint density at radius 3 is 2.47 bits per heavy atom. The van der Waals surface area contributed by atoms with Crippen LogP contribution in [-0.4, -0.2) is 48.7 Å². The van der Waals surface area contributed by atoms with Crippen molar-refractivity contribution in [3.8, 4) is 5.75 Å². The monoisotopic (exact) mass is 467 g/mol. The molecule has 6 nitrogen and oxygen atoms in total. The number of pyridine rings is 1. The summed E-state index contributed by atoms with van der Waals surface area (Å²) in [5.74, 6) is 0.653. The molecular formula is C23H22BrN3O3. The van der Waals surface area contributed by atoms with E-state index in [9.17, 15) is 9.59 Å². The number of aromatic nitrogens is 1. The Labute approximate surface area is 182 Å². The van der Waals surface area contributed by atoms with E-state index in [0.717, 1.165) is 53.0 Å². The van der Waals surface area contributed by atoms with Crippen molar-refractivity contribution in [2.45, 2.75) is 13.0 Å². The van der Waals surface area contributed by atoms with Crippen molar-refractivity contribution < 1.29 is 9.53 Å². The number of hydrogen-bond acceptors (Lipinski definition) is 4. The number of benzene rings is 2. The third-order valence-electron chi connectivity index (χ3n) is 6.07. The molecule has 0 unspecified atom stereocenters. The summed E-state index contributed by atoms with van der Waals surface area (Å²) >= 11 is 3.50. The second-order valence-electron chi connectivity index (χ2n) is 7.75. The highest BCUT2D eigenvalue weighted by Gasteiger charge is 2.27. The molecule has 0 radical (unpaired) electrons. The highest BCUT2D eigenvalue weighted by atomic mass is 79.9. The van der Waals surface area contributed by atoms with Gasteiger partial charge in [-0.3, -0.25) is 9.59 Å². The van der Waals surface area contributed by atoms with E-state index in [1.807, 2.05) is 30.3 Å². The lowest BCUT2D eigenvalue weighted by atomic mass is 10.1. The topological polar surface area (TPSA) is 54.8 Å². The summed E-state index contributed by atoms with van der Waals surface area (Å²) < 4.78 is 8.16. The predicted octanol–water partition coefficient (Wildman–Crippen LogP) is 3.29. The van der Waals surface area contributed by atoms with Gasteiger partial charge in [-0.25, -0.2) is 0 Å². The van der Waals surface area contributed by atoms with E-state index < -0.39 is 0 Å². The molecule has 1 fully saturated rings. The molecule has 5 rings (SSSR count). The summed E-state index contributed by atoms with van der Waals surface area (Å²) in [7, 11) is 1.65. The number of carbonyl (C=O) groups is 1. The highest BCUT2D eigenvalue weighted by molar-refractivity contribution is 9.10. The van der Waals surface area contributed by atoms with E-state index in [1.54, 1.807) is 18.2 Å². The normalized spacial score (nSPS) is 15.7. The van der Waals surface area contributed by atoms with Gasteiger partial charge in [0.25, 0.3) is 5.91 Å². The molecule has 0 spiro atoms. The number of halogens is 1. The molecule has 0 bridgehead atoms. The zero-order valence-corrected chi connectivity index (χ0v) is 18.3. The van der Waals surface area contributed by atoms with Crippen molar-refractivity contribution in [3.05, 3.63) is 68.4 Å². The third kappa shape index (κ3) is 3.17. The molecular weight excluding hydrogens is 446 g/mol. The third-order valence-corrected chi connectivity index (χ3v) is 6.53. The van der Waals surface area contributed by atoms with Gasteiger partial charge in [0.15, 0.2) is 0 Å². The molecule has 1 aromatic heterocycles. The summed E-state index contributed by atoms with van der Waals surface area (Å²) in [6.07, 6.45) is 2.64. The number of piperazine rings is 1. The Morgan fingerprint density at radius 1 is 1.03 bits per heavy atom. The number of hydrogen-bond donors (Lipinski definition) is 0. The van der Waals surface area contributed by atoms with Crippen LogP contribution in [0.3, 0.4) is 0 Å². The van der Waals surface area contributed by atoms with Crippen molar-refractivity contribution in [1.82, 2.24) is 9.47 Å². The number of amides is 1. The smallest absolute Gasteiger partial charge is 0.259 e. The van der Waals surface area contributed by atoms with Crippen molar-refractivity contribution >= 4 is 38.4 Å². The number of anilines is 1. The zero-order chi connectivity index (χ0) is 20.8. The Kier molecular flexibility index (Phi) is 4.77. The maximum absolute atomic E-state index is 13.2. The predicted molar refractivity (Wildman–Crippen MR) is 121 cm³/mol. The van der Waals surface area contributed by atoms with Gasteiger partial charge in [-0.05, 0) is 48.4 Å². The van der Waals surface area contributed by atoms with Crippen LogP contribution < -0.4 is 15.1 Å². The molecule has 3 heterocycles. The van der Waals surface area contributed by atoms with Crippen LogP contribution in [-0.2, 0) is 13.0 Å². The van der Waals surface area contributed by atoms with Gasteiger partial charge in [0, 0.05) is 54.5 Å². The van der Waals surface area contributed by atoms with Crippen LogP contribution >= 0.6 is 15.9 Å². The van der Waals surface area contributed by atoms with Gasteiger partial charge < -0.3 is 19.1 Å². The zero-order valence-electron chi connectivity index (χ0n) is 16.7. The SMILES string of the molecule is COc1ccc(N2CCN(C(=O)c3cn4c5c(cc(Br)cc5c3=O)CC4)CC2)cc1. The lowest BCUT2D eigenvalue weighted by molar-refractivity contribution is 0.0745. The molecule has 0 atom stereocenters. The van der Waals surface area contributed by atoms with Gasteiger partial charge in [-0.2, -0.15) is 0 Å². The van der Waals surface area contributed by atoms with Crippen molar-refractivity contribution in [1.29, 1.82) is 0 Å². The number of ether oxygens (including phenoxy) is 1. The van der Waals surface area contributed by atoms with Gasteiger partial charge in [0.05, 0.1) is 12.6 Å². The maximum atomic E-state index is 13.2. The fraction of sp³-hybridized carbons (Fsp3) is 0.304. The molecule has 1 saturated heterocycles. The van der Waals surface area contributed by atoms with Gasteiger partial charge >= 0.3 is 0 Å². The highest BCUT2D eigenvalue weighted by Crippen LogP contribution is 2.28. The summed E-state index contributed by atoms with van der Waals surface area (Å²) in [4.78, 5) is 30.4. The van der Waals surface area contributed by atoms with E-state index in [1.165, 1.54) is 0 Å². The number of carbonyl (C=O) groups excluding carboxylic acids is 1. The second-order valence-corrected chi connectivity index (χ2v) is 8.67. The first-order valence-electron chi connectivity index (χ1n) is 10.1. The van der Waals surface area contributed by atoms with Crippen LogP contribution in [0.15, 0.2) is 51.9 Å². The average Bonchev–Trinajstić information content (AvgIpc) is 3.18. The minimum absolute atomic E-state index is 0.173. The molecule has 1 amide bonds. The molecule has 0 saturated carbocycles. The Morgan fingerprint density at radius 2 is 1.77 bits per heavy atom. The molecule has 2 aromatic carbocycles. The molecule has 3 aromatic rings. The summed E-state index contributed by atoms with van der Waals surface area (Å²) in [6.45, 7) is 3.44. The lowest BCUT2D eigenvalue weighted by Gasteiger charge is -2.36. The Balaban J connectivity index is 1.38. The van der Waals surface area contributed by atoms with Crippen LogP contribution in [0.4, 0.5) is 5.69 Å². The van der Waals surface area contributed by atoms with E-state index in [2.05, 4.69) is 31.5 Å². The van der Waals surface area contributed by atoms with Crippen LogP contribution in [0.25, 0.3) is 10.9 Å². The van der Waals surface area contributed by atoms with E-state index in [0.29, 0.717) is 18.5 Å². The molecule has 30 heavy (non-hydrogen) atoms. The standard InChI is InChI=1S/C23H22BrN3O3/c1-30-18-4-2-17(3-5-18)25-8-10-26(11-9-25)23(29)20-14-27-7-6-15-12-16(24)13-19(21(15)27)22(20)28/h2-5,12-14H,6-11H2,1H3. The summed E-state index contributed by atoms with van der Waals surface area (Å²) in [6, 6.07) is 11.8. The fourth-order valence-electron chi connectivity index (χ4n) is 4.48. The maximum Gasteiger partial charge on any atom is 0.259 e. The molecule has 2 aliphatic rings. The quantitative estimate of drug-likeness (QED) is 0.592. The molecule has 0 N–H and O–H groups in total. The second kappa shape index (κ2) is 7.47. The summed E-state index contributed by atoms with van der Waals surface area (Å²) in [5, 5.41) is 0.625. The van der Waals surface area contributed by atoms with Gasteiger partial charge in [-0.1, -0.05) is 15.9 Å². The Hall–Kier alpha value is -2.80. The fourth-order valence-corrected chi connectivity index (χ4v) is 4.99. The molecule has 7 heteroatoms. The first-order valence-corrected chi connectivity index (χ1v) is 10.9. The molecule has 154 valence electrons. The van der Waals surface area contributed by atoms with E-state index in [4.69, 9.17) is 4.74 Å². The van der Waals surface area contributed by atoms with Crippen LogP contribution in [0.5, 0.6) is 5.75 Å². The van der Waals surface area contributed by atoms with E-state index in [-0.39, 0.29) is 16.9 Å². The number of aryl methyl sites for hydroxylation is 2. The number of methoxy groups -OCH3 is 1. The minimum atomic E-state index is -0.173. The van der Waals surface area contributed by atoms with Gasteiger partial charge in [0.1, 0.15) is 11.3 Å². The van der Waals surface area contributed by atoms with E-state index >= 15 is 0 Å². The summed E-state index contributed by atoms with van der Waals surface area (Å²) in [5.41, 5.74) is 3.33. The first kappa shape index (κ1) is 19.2. The largest absolute Gasteiger partial charge is 0.497 e. The number of nitrogens with zero attached hydrogens (tertiary/aromatic N) is 3.